The summed E-state index contributed by atoms with van der Waals surface area (Å²) >= 11 is 0. The van der Waals surface area contributed by atoms with Crippen LogP contribution in [-0.2, 0) is 0 Å². The van der Waals surface area contributed by atoms with Crippen LogP contribution in [0.25, 0.3) is 0 Å². The van der Waals surface area contributed by atoms with Crippen molar-refractivity contribution in [2.24, 2.45) is 0 Å². The van der Waals surface area contributed by atoms with Gasteiger partial charge in [-0.25, -0.2) is 0 Å². The smallest absolute Gasteiger partial charge is 0.0348 e. The zero-order chi connectivity index (χ0) is 9.90. The zero-order valence-corrected chi connectivity index (χ0v) is 8.86. The molecule has 0 radical (unpaired) electrons. The first kappa shape index (κ1) is 11.0. The Labute approximate surface area is 87.7 Å². The average Bonchev–Trinajstić information content (AvgIpc) is 2.22. The number of rotatable bonds is 0. The van der Waals surface area contributed by atoms with E-state index in [-0.39, 0.29) is 0 Å². The van der Waals surface area contributed by atoms with Crippen molar-refractivity contribution in [2.45, 2.75) is 38.5 Å². The predicted octanol–water partition coefficient (Wildman–Crippen LogP) is 4.57. The predicted molar refractivity (Wildman–Crippen MR) is 64.3 cm³/mol. The van der Waals surface area contributed by atoms with Gasteiger partial charge in [-0.05, 0) is 25.7 Å². The van der Waals surface area contributed by atoms with Gasteiger partial charge in [-0.3, -0.25) is 0 Å². The largest absolute Gasteiger partial charge is 0.0845 e. The van der Waals surface area contributed by atoms with E-state index >= 15 is 0 Å². The van der Waals surface area contributed by atoms with E-state index in [1.54, 1.807) is 0 Å². The molecule has 1 aliphatic carbocycles. The third kappa shape index (κ3) is 6.47. The van der Waals surface area contributed by atoms with Gasteiger partial charge in [0.05, 0.1) is 0 Å². The molecule has 0 N–H and O–H groups in total. The van der Waals surface area contributed by atoms with E-state index in [1.807, 2.05) is 0 Å². The summed E-state index contributed by atoms with van der Waals surface area (Å²) in [6, 6.07) is 0. The topological polar surface area (TPSA) is 0 Å². The molecule has 0 spiro atoms. The fourth-order valence-corrected chi connectivity index (χ4v) is 1.48. The van der Waals surface area contributed by atoms with Gasteiger partial charge in [-0.1, -0.05) is 61.4 Å². The summed E-state index contributed by atoms with van der Waals surface area (Å²) in [6.45, 7) is 0. The molecule has 0 aliphatic heterocycles. The summed E-state index contributed by atoms with van der Waals surface area (Å²) in [5, 5.41) is 0. The van der Waals surface area contributed by atoms with Crippen LogP contribution in [0.3, 0.4) is 0 Å². The minimum Gasteiger partial charge on any atom is -0.0845 e. The van der Waals surface area contributed by atoms with Gasteiger partial charge in [0, 0.05) is 0 Å². The molecule has 0 bridgehead atoms. The Morgan fingerprint density at radius 1 is 0.429 bits per heavy atom. The van der Waals surface area contributed by atoms with Crippen molar-refractivity contribution in [3.63, 3.8) is 0 Å². The molecule has 0 unspecified atom stereocenters. The summed E-state index contributed by atoms with van der Waals surface area (Å²) in [5.74, 6) is 0. The molecule has 0 heteroatoms. The fraction of sp³-hybridized carbons (Fsp3) is 0.429. The Morgan fingerprint density at radius 3 is 1.36 bits per heavy atom. The van der Waals surface area contributed by atoms with Crippen molar-refractivity contribution >= 4 is 0 Å². The molecule has 0 nitrogen and oxygen atoms in total. The molecule has 1 rings (SSSR count). The van der Waals surface area contributed by atoms with Crippen LogP contribution in [-0.4, -0.2) is 0 Å². The zero-order valence-electron chi connectivity index (χ0n) is 8.86. The van der Waals surface area contributed by atoms with Crippen molar-refractivity contribution in [2.75, 3.05) is 0 Å². The van der Waals surface area contributed by atoms with E-state index in [0.717, 1.165) is 0 Å². The first-order chi connectivity index (χ1) is 7.00. The third-order valence-electron chi connectivity index (χ3n) is 2.32. The fourth-order valence-electron chi connectivity index (χ4n) is 1.48. The third-order valence-corrected chi connectivity index (χ3v) is 2.32. The van der Waals surface area contributed by atoms with E-state index in [0.29, 0.717) is 0 Å². The number of hydrogen-bond donors (Lipinski definition) is 0. The highest BCUT2D eigenvalue weighted by Crippen LogP contribution is 2.06. The molecule has 0 aromatic rings. The van der Waals surface area contributed by atoms with E-state index in [2.05, 4.69) is 48.6 Å². The van der Waals surface area contributed by atoms with E-state index < -0.39 is 0 Å². The second kappa shape index (κ2) is 8.55. The molecule has 1 aliphatic rings. The Balaban J connectivity index is 2.36. The average molecular weight is 188 g/mol. The lowest BCUT2D eigenvalue weighted by molar-refractivity contribution is 0.652. The molecular weight excluding hydrogens is 168 g/mol. The van der Waals surface area contributed by atoms with Gasteiger partial charge in [-0.2, -0.15) is 0 Å². The summed E-state index contributed by atoms with van der Waals surface area (Å²) in [4.78, 5) is 0. The Bertz CT molecular complexity index is 202. The van der Waals surface area contributed by atoms with Crippen LogP contribution >= 0.6 is 0 Å². The Kier molecular flexibility index (Phi) is 6.74. The number of allylic oxidation sites excluding steroid dienone is 8. The lowest BCUT2D eigenvalue weighted by Gasteiger charge is -1.96. The first-order valence-electron chi connectivity index (χ1n) is 5.65. The van der Waals surface area contributed by atoms with Gasteiger partial charge in [0.2, 0.25) is 0 Å². The van der Waals surface area contributed by atoms with Gasteiger partial charge < -0.3 is 0 Å². The monoisotopic (exact) mass is 188 g/mol. The molecule has 0 amide bonds. The molecule has 0 heterocycles. The normalized spacial score (nSPS) is 28.6. The molecule has 0 aromatic heterocycles. The summed E-state index contributed by atoms with van der Waals surface area (Å²) in [7, 11) is 0. The van der Waals surface area contributed by atoms with Gasteiger partial charge in [0.15, 0.2) is 0 Å². The standard InChI is InChI=1S/C14H20/c1-2-4-6-8-10-12-14-13-11-9-7-5-3-1/h1-8H,9-14H2/b3-1-,4-2+,7-5+,8-6-. The second-order valence-electron chi connectivity index (χ2n) is 3.62. The SMILES string of the molecule is C1=C\C=C\CCCCCC\C=C/C=C/1. The van der Waals surface area contributed by atoms with Gasteiger partial charge in [0.1, 0.15) is 0 Å². The van der Waals surface area contributed by atoms with Crippen LogP contribution in [0.2, 0.25) is 0 Å². The van der Waals surface area contributed by atoms with Gasteiger partial charge in [0.25, 0.3) is 0 Å². The van der Waals surface area contributed by atoms with Crippen LogP contribution in [0, 0.1) is 0 Å². The van der Waals surface area contributed by atoms with Crippen molar-refractivity contribution in [1.29, 1.82) is 0 Å². The summed E-state index contributed by atoms with van der Waals surface area (Å²) in [5.41, 5.74) is 0. The molecule has 0 saturated heterocycles. The maximum absolute atomic E-state index is 2.26. The van der Waals surface area contributed by atoms with Gasteiger partial charge >= 0.3 is 0 Å². The van der Waals surface area contributed by atoms with Crippen molar-refractivity contribution < 1.29 is 0 Å². The molecule has 0 aromatic carbocycles. The van der Waals surface area contributed by atoms with Crippen molar-refractivity contribution in [1.82, 2.24) is 0 Å². The molecule has 76 valence electrons. The highest BCUT2D eigenvalue weighted by atomic mass is 13.9. The highest BCUT2D eigenvalue weighted by Gasteiger charge is 1.87. The maximum atomic E-state index is 2.26. The maximum Gasteiger partial charge on any atom is -0.0348 e. The van der Waals surface area contributed by atoms with E-state index in [9.17, 15) is 0 Å². The molecule has 0 fully saturated rings. The lowest BCUT2D eigenvalue weighted by Crippen LogP contribution is -1.76. The number of hydrogen-bond acceptors (Lipinski definition) is 0. The van der Waals surface area contributed by atoms with E-state index in [4.69, 9.17) is 0 Å². The molecule has 14 heavy (non-hydrogen) atoms. The minimum atomic E-state index is 1.23. The molecular formula is C14H20. The molecule has 0 atom stereocenters. The van der Waals surface area contributed by atoms with Crippen LogP contribution in [0.15, 0.2) is 48.6 Å². The highest BCUT2D eigenvalue weighted by molar-refractivity contribution is 5.15. The van der Waals surface area contributed by atoms with Crippen LogP contribution in [0.5, 0.6) is 0 Å². The van der Waals surface area contributed by atoms with Crippen LogP contribution in [0.4, 0.5) is 0 Å². The van der Waals surface area contributed by atoms with Gasteiger partial charge in [-0.15, -0.1) is 0 Å². The molecule has 0 saturated carbocycles. The van der Waals surface area contributed by atoms with Crippen molar-refractivity contribution in [3.8, 4) is 0 Å². The van der Waals surface area contributed by atoms with Crippen LogP contribution in [0.1, 0.15) is 38.5 Å². The summed E-state index contributed by atoms with van der Waals surface area (Å²) < 4.78 is 0. The minimum absolute atomic E-state index is 1.23. The van der Waals surface area contributed by atoms with Crippen molar-refractivity contribution in [3.05, 3.63) is 48.6 Å². The quantitative estimate of drug-likeness (QED) is 0.522. The summed E-state index contributed by atoms with van der Waals surface area (Å²) in [6.07, 6.45) is 25.0. The Morgan fingerprint density at radius 2 is 0.857 bits per heavy atom. The Hall–Kier alpha value is -1.04. The van der Waals surface area contributed by atoms with E-state index in [1.165, 1.54) is 38.5 Å². The second-order valence-corrected chi connectivity index (χ2v) is 3.62. The lowest BCUT2D eigenvalue weighted by atomic mass is 10.1. The first-order valence-corrected chi connectivity index (χ1v) is 5.65. The van der Waals surface area contributed by atoms with Crippen LogP contribution < -0.4 is 0 Å².